The molecule has 4 aromatic rings. The lowest BCUT2D eigenvalue weighted by Crippen LogP contribution is -2.12. The first-order valence-electron chi connectivity index (χ1n) is 8.96. The van der Waals surface area contributed by atoms with Gasteiger partial charge in [-0.2, -0.15) is 0 Å². The Morgan fingerprint density at radius 3 is 2.75 bits per heavy atom. The van der Waals surface area contributed by atoms with Crippen molar-refractivity contribution in [3.05, 3.63) is 60.2 Å². The number of aryl methyl sites for hydroxylation is 1. The number of carbonyl (C=O) groups excluding carboxylic acids is 1. The van der Waals surface area contributed by atoms with Gasteiger partial charge in [-0.3, -0.25) is 9.20 Å². The average molecular weight is 392 g/mol. The molecule has 1 N–H and O–H groups in total. The number of benzene rings is 2. The van der Waals surface area contributed by atoms with E-state index in [1.807, 2.05) is 59.0 Å². The molecule has 1 amide bonds. The summed E-state index contributed by atoms with van der Waals surface area (Å²) in [5.74, 6) is 1.37. The molecule has 28 heavy (non-hydrogen) atoms. The number of ether oxygens (including phenoxy) is 1. The predicted octanol–water partition coefficient (Wildman–Crippen LogP) is 4.32. The molecule has 0 saturated carbocycles. The standard InChI is InChI=1S/C21H20N4O2S/c1-14-12-19-23-24-21(25(19)18-13-16(27-2)8-9-17(14)18)28-11-10-20(26)22-15-6-4-3-5-7-15/h3-9,12-13H,10-11H2,1-2H3,(H,22,26). The summed E-state index contributed by atoms with van der Waals surface area (Å²) in [7, 11) is 1.65. The molecule has 0 saturated heterocycles. The van der Waals surface area contributed by atoms with Crippen LogP contribution in [0.15, 0.2) is 59.8 Å². The van der Waals surface area contributed by atoms with E-state index in [0.717, 1.165) is 38.7 Å². The summed E-state index contributed by atoms with van der Waals surface area (Å²) in [6, 6.07) is 17.5. The summed E-state index contributed by atoms with van der Waals surface area (Å²) in [6.45, 7) is 2.06. The number of carbonyl (C=O) groups is 1. The van der Waals surface area contributed by atoms with Crippen LogP contribution in [0.2, 0.25) is 0 Å². The van der Waals surface area contributed by atoms with Crippen LogP contribution in [0.1, 0.15) is 12.0 Å². The molecule has 0 fully saturated rings. The van der Waals surface area contributed by atoms with Gasteiger partial charge in [0, 0.05) is 29.3 Å². The molecule has 0 radical (unpaired) electrons. The van der Waals surface area contributed by atoms with Crippen LogP contribution in [0.25, 0.3) is 16.6 Å². The van der Waals surface area contributed by atoms with Crippen LogP contribution in [-0.4, -0.2) is 33.4 Å². The third-order valence-corrected chi connectivity index (χ3v) is 5.42. The van der Waals surface area contributed by atoms with Crippen LogP contribution in [0.3, 0.4) is 0 Å². The zero-order valence-electron chi connectivity index (χ0n) is 15.7. The minimum atomic E-state index is -0.0186. The molecule has 4 rings (SSSR count). The molecule has 0 bridgehead atoms. The molecule has 2 aromatic carbocycles. The second kappa shape index (κ2) is 7.90. The van der Waals surface area contributed by atoms with E-state index in [1.165, 1.54) is 11.8 Å². The average Bonchev–Trinajstić information content (AvgIpc) is 3.11. The van der Waals surface area contributed by atoms with Gasteiger partial charge in [-0.05, 0) is 42.8 Å². The first-order valence-corrected chi connectivity index (χ1v) is 9.94. The van der Waals surface area contributed by atoms with Crippen LogP contribution >= 0.6 is 11.8 Å². The molecule has 7 heteroatoms. The maximum absolute atomic E-state index is 12.2. The van der Waals surface area contributed by atoms with E-state index in [1.54, 1.807) is 7.11 Å². The highest BCUT2D eigenvalue weighted by molar-refractivity contribution is 7.99. The fourth-order valence-corrected chi connectivity index (χ4v) is 3.99. The number of nitrogens with zero attached hydrogens (tertiary/aromatic N) is 3. The summed E-state index contributed by atoms with van der Waals surface area (Å²) in [4.78, 5) is 12.2. The van der Waals surface area contributed by atoms with E-state index in [2.05, 4.69) is 22.4 Å². The first kappa shape index (κ1) is 18.3. The van der Waals surface area contributed by atoms with Gasteiger partial charge in [0.2, 0.25) is 5.91 Å². The molecule has 0 unspecified atom stereocenters. The van der Waals surface area contributed by atoms with Crippen molar-refractivity contribution < 1.29 is 9.53 Å². The van der Waals surface area contributed by atoms with Crippen LogP contribution < -0.4 is 10.1 Å². The molecule has 2 aromatic heterocycles. The number of para-hydroxylation sites is 1. The number of rotatable bonds is 6. The molecule has 0 atom stereocenters. The Hall–Kier alpha value is -3.06. The number of anilines is 1. The largest absolute Gasteiger partial charge is 0.497 e. The topological polar surface area (TPSA) is 68.5 Å². The molecule has 0 spiro atoms. The molecule has 6 nitrogen and oxygen atoms in total. The highest BCUT2D eigenvalue weighted by atomic mass is 32.2. The smallest absolute Gasteiger partial charge is 0.225 e. The van der Waals surface area contributed by atoms with Crippen molar-refractivity contribution in [1.82, 2.24) is 14.6 Å². The molecule has 142 valence electrons. The lowest BCUT2D eigenvalue weighted by atomic mass is 10.1. The minimum Gasteiger partial charge on any atom is -0.497 e. The van der Waals surface area contributed by atoms with Gasteiger partial charge < -0.3 is 10.1 Å². The van der Waals surface area contributed by atoms with E-state index in [0.29, 0.717) is 12.2 Å². The summed E-state index contributed by atoms with van der Waals surface area (Å²) in [6.07, 6.45) is 0.390. The van der Waals surface area contributed by atoms with Crippen molar-refractivity contribution in [2.75, 3.05) is 18.2 Å². The number of aromatic nitrogens is 3. The van der Waals surface area contributed by atoms with Crippen molar-refractivity contribution in [2.45, 2.75) is 18.5 Å². The van der Waals surface area contributed by atoms with Gasteiger partial charge in [-0.1, -0.05) is 30.0 Å². The molecule has 2 heterocycles. The molecular weight excluding hydrogens is 372 g/mol. The third kappa shape index (κ3) is 3.66. The number of methoxy groups -OCH3 is 1. The maximum Gasteiger partial charge on any atom is 0.225 e. The first-order chi connectivity index (χ1) is 13.7. The van der Waals surface area contributed by atoms with Gasteiger partial charge >= 0.3 is 0 Å². The lowest BCUT2D eigenvalue weighted by Gasteiger charge is -2.09. The quantitative estimate of drug-likeness (QED) is 0.495. The second-order valence-electron chi connectivity index (χ2n) is 6.40. The van der Waals surface area contributed by atoms with Gasteiger partial charge in [0.05, 0.1) is 12.6 Å². The molecule has 0 aliphatic carbocycles. The van der Waals surface area contributed by atoms with Crippen LogP contribution in [0, 0.1) is 6.92 Å². The van der Waals surface area contributed by atoms with E-state index in [4.69, 9.17) is 4.74 Å². The van der Waals surface area contributed by atoms with Gasteiger partial charge in [-0.25, -0.2) is 0 Å². The number of pyridine rings is 1. The Labute approximate surface area is 166 Å². The maximum atomic E-state index is 12.2. The van der Waals surface area contributed by atoms with Crippen molar-refractivity contribution in [2.24, 2.45) is 0 Å². The summed E-state index contributed by atoms with van der Waals surface area (Å²) in [5, 5.41) is 13.4. The number of fused-ring (bicyclic) bond motifs is 3. The van der Waals surface area contributed by atoms with E-state index in [-0.39, 0.29) is 5.91 Å². The van der Waals surface area contributed by atoms with Crippen LogP contribution in [0.4, 0.5) is 5.69 Å². The number of hydrogen-bond acceptors (Lipinski definition) is 5. The summed E-state index contributed by atoms with van der Waals surface area (Å²) < 4.78 is 7.40. The SMILES string of the molecule is COc1ccc2c(C)cc3nnc(SCCC(=O)Nc4ccccc4)n3c2c1. The Kier molecular flexibility index (Phi) is 5.16. The van der Waals surface area contributed by atoms with E-state index >= 15 is 0 Å². The van der Waals surface area contributed by atoms with Crippen molar-refractivity contribution in [3.63, 3.8) is 0 Å². The summed E-state index contributed by atoms with van der Waals surface area (Å²) in [5.41, 5.74) is 3.72. The minimum absolute atomic E-state index is 0.0186. The normalized spacial score (nSPS) is 11.1. The Balaban J connectivity index is 1.54. The number of amides is 1. The Morgan fingerprint density at radius 1 is 1.14 bits per heavy atom. The zero-order valence-corrected chi connectivity index (χ0v) is 16.5. The van der Waals surface area contributed by atoms with Crippen molar-refractivity contribution in [3.8, 4) is 5.75 Å². The molecule has 0 aliphatic rings. The fourth-order valence-electron chi connectivity index (χ4n) is 3.10. The molecular formula is C21H20N4O2S. The van der Waals surface area contributed by atoms with Gasteiger partial charge in [0.15, 0.2) is 10.8 Å². The Morgan fingerprint density at radius 2 is 1.96 bits per heavy atom. The Bertz CT molecular complexity index is 1140. The molecule has 0 aliphatic heterocycles. The van der Waals surface area contributed by atoms with Gasteiger partial charge in [0.25, 0.3) is 0 Å². The van der Waals surface area contributed by atoms with Crippen molar-refractivity contribution in [1.29, 1.82) is 0 Å². The zero-order chi connectivity index (χ0) is 19.5. The van der Waals surface area contributed by atoms with Gasteiger partial charge in [-0.15, -0.1) is 10.2 Å². The van der Waals surface area contributed by atoms with Gasteiger partial charge in [0.1, 0.15) is 5.75 Å². The number of nitrogens with one attached hydrogen (secondary N) is 1. The van der Waals surface area contributed by atoms with Crippen LogP contribution in [-0.2, 0) is 4.79 Å². The summed E-state index contributed by atoms with van der Waals surface area (Å²) >= 11 is 1.52. The highest BCUT2D eigenvalue weighted by Gasteiger charge is 2.13. The van der Waals surface area contributed by atoms with Crippen molar-refractivity contribution >= 4 is 39.9 Å². The highest BCUT2D eigenvalue weighted by Crippen LogP contribution is 2.28. The number of thioether (sulfide) groups is 1. The predicted molar refractivity (Wildman–Crippen MR) is 112 cm³/mol. The monoisotopic (exact) mass is 392 g/mol. The fraction of sp³-hybridized carbons (Fsp3) is 0.190. The van der Waals surface area contributed by atoms with E-state index < -0.39 is 0 Å². The third-order valence-electron chi connectivity index (χ3n) is 4.49. The number of hydrogen-bond donors (Lipinski definition) is 1. The van der Waals surface area contributed by atoms with Crippen LogP contribution in [0.5, 0.6) is 5.75 Å². The second-order valence-corrected chi connectivity index (χ2v) is 7.46. The lowest BCUT2D eigenvalue weighted by molar-refractivity contribution is -0.115. The van der Waals surface area contributed by atoms with E-state index in [9.17, 15) is 4.79 Å².